The van der Waals surface area contributed by atoms with Crippen LogP contribution in [0.5, 0.6) is 0 Å². The van der Waals surface area contributed by atoms with Gasteiger partial charge in [0.05, 0.1) is 5.75 Å². The molecular weight excluding hydrogens is 534 g/mol. The summed E-state index contributed by atoms with van der Waals surface area (Å²) in [6, 6.07) is 18.0. The second-order valence-electron chi connectivity index (χ2n) is 10.5. The second-order valence-corrected chi connectivity index (χ2v) is 11.5. The molecule has 0 aliphatic carbocycles. The van der Waals surface area contributed by atoms with Crippen LogP contribution in [0.15, 0.2) is 59.8 Å². The molecule has 10 heteroatoms. The summed E-state index contributed by atoms with van der Waals surface area (Å²) < 4.78 is 1.78. The SMILES string of the molecule is Cc1ccc(Cc2c(C)nc3nc(SCC(=O)NCCN4CCCN(C(=O)c5ccccc5)CC4)nn3c2C)cc1. The molecule has 0 unspecified atom stereocenters. The number of nitrogens with one attached hydrogen (secondary N) is 1. The minimum absolute atomic E-state index is 0.0505. The largest absolute Gasteiger partial charge is 0.354 e. The molecule has 4 aromatic rings. The molecule has 1 fully saturated rings. The van der Waals surface area contributed by atoms with E-state index in [1.54, 1.807) is 4.52 Å². The summed E-state index contributed by atoms with van der Waals surface area (Å²) in [5.74, 6) is 0.827. The minimum Gasteiger partial charge on any atom is -0.354 e. The third kappa shape index (κ3) is 7.31. The summed E-state index contributed by atoms with van der Waals surface area (Å²) in [6.45, 7) is 10.6. The van der Waals surface area contributed by atoms with Crippen LogP contribution < -0.4 is 5.32 Å². The number of thioether (sulfide) groups is 1. The fraction of sp³-hybridized carbons (Fsp3) is 0.387. The highest BCUT2D eigenvalue weighted by Gasteiger charge is 2.20. The fourth-order valence-electron chi connectivity index (χ4n) is 5.11. The first-order valence-corrected chi connectivity index (χ1v) is 15.1. The molecule has 1 saturated heterocycles. The molecule has 2 aromatic heterocycles. The Morgan fingerprint density at radius 1 is 0.927 bits per heavy atom. The fourth-order valence-corrected chi connectivity index (χ4v) is 5.76. The first-order chi connectivity index (χ1) is 19.9. The maximum absolute atomic E-state index is 12.8. The van der Waals surface area contributed by atoms with E-state index in [0.717, 1.165) is 61.5 Å². The minimum atomic E-state index is -0.0505. The summed E-state index contributed by atoms with van der Waals surface area (Å²) in [7, 11) is 0. The maximum Gasteiger partial charge on any atom is 0.253 e. The number of aromatic nitrogens is 4. The lowest BCUT2D eigenvalue weighted by molar-refractivity contribution is -0.118. The molecule has 0 radical (unpaired) electrons. The predicted molar refractivity (Wildman–Crippen MR) is 161 cm³/mol. The summed E-state index contributed by atoms with van der Waals surface area (Å²) in [5, 5.41) is 8.19. The van der Waals surface area contributed by atoms with Crippen molar-refractivity contribution >= 4 is 29.4 Å². The molecule has 5 rings (SSSR count). The van der Waals surface area contributed by atoms with E-state index in [1.807, 2.05) is 49.1 Å². The summed E-state index contributed by atoms with van der Waals surface area (Å²) in [5.41, 5.74) is 6.30. The zero-order valence-electron chi connectivity index (χ0n) is 24.0. The van der Waals surface area contributed by atoms with E-state index in [2.05, 4.69) is 56.5 Å². The van der Waals surface area contributed by atoms with E-state index in [-0.39, 0.29) is 17.6 Å². The van der Waals surface area contributed by atoms with Gasteiger partial charge in [-0.25, -0.2) is 9.50 Å². The van der Waals surface area contributed by atoms with Crippen molar-refractivity contribution in [1.29, 1.82) is 0 Å². The molecule has 1 N–H and O–H groups in total. The van der Waals surface area contributed by atoms with Crippen molar-refractivity contribution in [1.82, 2.24) is 34.7 Å². The number of amides is 2. The number of carbonyl (C=O) groups excluding carboxylic acids is 2. The first kappa shape index (κ1) is 28.8. The smallest absolute Gasteiger partial charge is 0.253 e. The van der Waals surface area contributed by atoms with E-state index >= 15 is 0 Å². The molecule has 0 saturated carbocycles. The van der Waals surface area contributed by atoms with Gasteiger partial charge >= 0.3 is 0 Å². The lowest BCUT2D eigenvalue weighted by atomic mass is 10.0. The van der Waals surface area contributed by atoms with Gasteiger partial charge in [-0.1, -0.05) is 59.8 Å². The zero-order valence-corrected chi connectivity index (χ0v) is 24.8. The number of hydrogen-bond donors (Lipinski definition) is 1. The Balaban J connectivity index is 1.09. The topological polar surface area (TPSA) is 95.7 Å². The van der Waals surface area contributed by atoms with E-state index in [0.29, 0.717) is 24.0 Å². The Morgan fingerprint density at radius 3 is 2.49 bits per heavy atom. The molecule has 0 spiro atoms. The van der Waals surface area contributed by atoms with Crippen LogP contribution in [0.25, 0.3) is 5.78 Å². The molecular formula is C31H37N7O2S. The summed E-state index contributed by atoms with van der Waals surface area (Å²) in [6.07, 6.45) is 1.70. The van der Waals surface area contributed by atoms with Gasteiger partial charge in [0.2, 0.25) is 11.1 Å². The van der Waals surface area contributed by atoms with E-state index in [9.17, 15) is 9.59 Å². The van der Waals surface area contributed by atoms with Crippen molar-refractivity contribution in [2.24, 2.45) is 0 Å². The Labute approximate surface area is 245 Å². The van der Waals surface area contributed by atoms with Crippen molar-refractivity contribution in [3.8, 4) is 0 Å². The second kappa shape index (κ2) is 13.3. The van der Waals surface area contributed by atoms with Crippen LogP contribution in [0.2, 0.25) is 0 Å². The van der Waals surface area contributed by atoms with Crippen molar-refractivity contribution < 1.29 is 9.59 Å². The molecule has 1 aliphatic rings. The van der Waals surface area contributed by atoms with Crippen LogP contribution in [0.1, 0.15) is 44.9 Å². The maximum atomic E-state index is 12.8. The number of benzene rings is 2. The Hall–Kier alpha value is -3.76. The van der Waals surface area contributed by atoms with Crippen LogP contribution in [0.4, 0.5) is 0 Å². The molecule has 214 valence electrons. The monoisotopic (exact) mass is 571 g/mol. The molecule has 2 aromatic carbocycles. The first-order valence-electron chi connectivity index (χ1n) is 14.1. The summed E-state index contributed by atoms with van der Waals surface area (Å²) >= 11 is 1.32. The molecule has 3 heterocycles. The summed E-state index contributed by atoms with van der Waals surface area (Å²) in [4.78, 5) is 38.8. The normalized spacial score (nSPS) is 14.3. The lowest BCUT2D eigenvalue weighted by Crippen LogP contribution is -2.38. The van der Waals surface area contributed by atoms with Gasteiger partial charge in [0.1, 0.15) is 0 Å². The molecule has 0 atom stereocenters. The van der Waals surface area contributed by atoms with Crippen LogP contribution >= 0.6 is 11.8 Å². The zero-order chi connectivity index (χ0) is 28.8. The average Bonchev–Trinajstić information content (AvgIpc) is 3.24. The Morgan fingerprint density at radius 2 is 1.71 bits per heavy atom. The van der Waals surface area contributed by atoms with Crippen molar-refractivity contribution in [3.05, 3.63) is 88.2 Å². The van der Waals surface area contributed by atoms with Crippen molar-refractivity contribution in [3.63, 3.8) is 0 Å². The van der Waals surface area contributed by atoms with Crippen LogP contribution in [-0.4, -0.2) is 86.2 Å². The highest BCUT2D eigenvalue weighted by Crippen LogP contribution is 2.21. The number of fused-ring (bicyclic) bond motifs is 1. The van der Waals surface area contributed by atoms with Crippen molar-refractivity contribution in [2.75, 3.05) is 45.0 Å². The number of hydrogen-bond acceptors (Lipinski definition) is 7. The highest BCUT2D eigenvalue weighted by molar-refractivity contribution is 7.99. The molecule has 2 amide bonds. The quantitative estimate of drug-likeness (QED) is 0.306. The number of rotatable bonds is 9. The van der Waals surface area contributed by atoms with E-state index in [1.165, 1.54) is 22.9 Å². The van der Waals surface area contributed by atoms with Crippen LogP contribution in [-0.2, 0) is 11.2 Å². The third-order valence-electron chi connectivity index (χ3n) is 7.51. The number of carbonyl (C=O) groups is 2. The van der Waals surface area contributed by atoms with Crippen molar-refractivity contribution in [2.45, 2.75) is 38.8 Å². The third-order valence-corrected chi connectivity index (χ3v) is 8.35. The molecule has 9 nitrogen and oxygen atoms in total. The van der Waals surface area contributed by atoms with Crippen LogP contribution in [0, 0.1) is 20.8 Å². The molecule has 1 aliphatic heterocycles. The van der Waals surface area contributed by atoms with E-state index < -0.39 is 0 Å². The van der Waals surface area contributed by atoms with Gasteiger partial charge in [-0.05, 0) is 57.0 Å². The molecule has 41 heavy (non-hydrogen) atoms. The average molecular weight is 572 g/mol. The lowest BCUT2D eigenvalue weighted by Gasteiger charge is -2.22. The van der Waals surface area contributed by atoms with Gasteiger partial charge in [0.15, 0.2) is 0 Å². The van der Waals surface area contributed by atoms with Gasteiger partial charge in [0.25, 0.3) is 11.7 Å². The number of nitrogens with zero attached hydrogens (tertiary/aromatic N) is 6. The van der Waals surface area contributed by atoms with Gasteiger partial charge in [-0.15, -0.1) is 5.10 Å². The number of aryl methyl sites for hydroxylation is 3. The highest BCUT2D eigenvalue weighted by atomic mass is 32.2. The van der Waals surface area contributed by atoms with Gasteiger partial charge in [-0.3, -0.25) is 14.5 Å². The van der Waals surface area contributed by atoms with Gasteiger partial charge in [-0.2, -0.15) is 4.98 Å². The predicted octanol–water partition coefficient (Wildman–Crippen LogP) is 3.70. The van der Waals surface area contributed by atoms with Gasteiger partial charge in [0, 0.05) is 56.1 Å². The molecule has 0 bridgehead atoms. The van der Waals surface area contributed by atoms with E-state index in [4.69, 9.17) is 0 Å². The standard InChI is InChI=1S/C31H37N7O2S/c1-22-10-12-25(13-11-22)20-27-23(2)33-30-34-31(35-38(30)24(27)3)41-21-28(39)32-14-17-36-15-7-16-37(19-18-36)29(40)26-8-5-4-6-9-26/h4-6,8-13H,7,14-21H2,1-3H3,(H,32,39). The Kier molecular flexibility index (Phi) is 9.31. The van der Waals surface area contributed by atoms with Gasteiger partial charge < -0.3 is 10.2 Å². The Bertz CT molecular complexity index is 1500. The van der Waals surface area contributed by atoms with Crippen LogP contribution in [0.3, 0.4) is 0 Å².